The first-order valence-corrected chi connectivity index (χ1v) is 9.83. The lowest BCUT2D eigenvalue weighted by Crippen LogP contribution is -2.38. The van der Waals surface area contributed by atoms with E-state index in [1.807, 2.05) is 30.3 Å². The average molecular weight is 376 g/mol. The Hall–Kier alpha value is -3.25. The molecule has 0 saturated carbocycles. The van der Waals surface area contributed by atoms with E-state index in [4.69, 9.17) is 0 Å². The first-order chi connectivity index (χ1) is 13.1. The van der Waals surface area contributed by atoms with Crippen molar-refractivity contribution in [3.05, 3.63) is 102 Å². The lowest BCUT2D eigenvalue weighted by molar-refractivity contribution is 0.100. The van der Waals surface area contributed by atoms with Gasteiger partial charge < -0.3 is 0 Å². The van der Waals surface area contributed by atoms with Crippen molar-refractivity contribution in [3.63, 3.8) is 0 Å². The van der Waals surface area contributed by atoms with E-state index in [2.05, 4.69) is 4.98 Å². The highest BCUT2D eigenvalue weighted by Crippen LogP contribution is 2.34. The first-order valence-electron chi connectivity index (χ1n) is 8.39. The molecule has 5 nitrogen and oxygen atoms in total. The molecule has 0 unspecified atom stereocenters. The fourth-order valence-electron chi connectivity index (χ4n) is 3.05. The van der Waals surface area contributed by atoms with Crippen LogP contribution in [0.1, 0.15) is 21.5 Å². The van der Waals surface area contributed by atoms with E-state index >= 15 is 0 Å². The number of allylic oxidation sites excluding steroid dienone is 1. The molecule has 0 aliphatic carbocycles. The van der Waals surface area contributed by atoms with Crippen LogP contribution in [0.4, 0.5) is 0 Å². The van der Waals surface area contributed by atoms with Crippen LogP contribution >= 0.6 is 0 Å². The minimum absolute atomic E-state index is 0.0316. The summed E-state index contributed by atoms with van der Waals surface area (Å²) in [6.45, 7) is 0.0366. The highest BCUT2D eigenvalue weighted by molar-refractivity contribution is 7.89. The predicted octanol–water partition coefficient (Wildman–Crippen LogP) is 3.51. The Morgan fingerprint density at radius 1 is 0.926 bits per heavy atom. The molecule has 0 amide bonds. The van der Waals surface area contributed by atoms with Crippen molar-refractivity contribution < 1.29 is 13.2 Å². The zero-order valence-corrected chi connectivity index (χ0v) is 15.1. The lowest BCUT2D eigenvalue weighted by atomic mass is 10.0. The van der Waals surface area contributed by atoms with Crippen LogP contribution in [0.15, 0.2) is 89.7 Å². The van der Waals surface area contributed by atoms with Crippen molar-refractivity contribution in [2.24, 2.45) is 0 Å². The van der Waals surface area contributed by atoms with Gasteiger partial charge in [-0.3, -0.25) is 14.1 Å². The summed E-state index contributed by atoms with van der Waals surface area (Å²) in [6.07, 6.45) is 4.84. The second-order valence-electron chi connectivity index (χ2n) is 6.14. The number of hydrogen-bond donors (Lipinski definition) is 0. The van der Waals surface area contributed by atoms with Gasteiger partial charge in [0.05, 0.1) is 11.4 Å². The molecule has 0 radical (unpaired) electrons. The number of carbonyl (C=O) groups excluding carboxylic acids is 1. The fourth-order valence-corrected chi connectivity index (χ4v) is 4.69. The SMILES string of the molecule is O=C1C(=Cc2ccccc2)N(Cc2cccnc2)S(=O)(=O)c2ccccc21. The summed E-state index contributed by atoms with van der Waals surface area (Å²) in [5, 5.41) is 0. The summed E-state index contributed by atoms with van der Waals surface area (Å²) in [6, 6.07) is 19.0. The normalized spacial score (nSPS) is 17.0. The van der Waals surface area contributed by atoms with Crippen LogP contribution in [-0.2, 0) is 16.6 Å². The summed E-state index contributed by atoms with van der Waals surface area (Å²) in [5.74, 6) is -0.312. The maximum absolute atomic E-state index is 13.3. The Labute approximate surface area is 157 Å². The zero-order chi connectivity index (χ0) is 18.9. The Morgan fingerprint density at radius 2 is 1.67 bits per heavy atom. The van der Waals surface area contributed by atoms with Crippen molar-refractivity contribution in [2.75, 3.05) is 0 Å². The largest absolute Gasteiger partial charge is 0.287 e. The number of fused-ring (bicyclic) bond motifs is 1. The third-order valence-electron chi connectivity index (χ3n) is 4.35. The van der Waals surface area contributed by atoms with Crippen molar-refractivity contribution in [1.29, 1.82) is 0 Å². The quantitative estimate of drug-likeness (QED) is 0.656. The maximum Gasteiger partial charge on any atom is 0.265 e. The van der Waals surface area contributed by atoms with E-state index in [0.717, 1.165) is 5.56 Å². The molecule has 0 saturated heterocycles. The smallest absolute Gasteiger partial charge is 0.265 e. The van der Waals surface area contributed by atoms with Crippen LogP contribution in [0.5, 0.6) is 0 Å². The molecule has 0 atom stereocenters. The standard InChI is InChI=1S/C21H16N2O3S/c24-21-18-10-4-5-11-20(18)27(25,26)23(15-17-9-6-12-22-14-17)19(21)13-16-7-2-1-3-8-16/h1-14H,15H2. The minimum atomic E-state index is -3.87. The third kappa shape index (κ3) is 3.15. The number of rotatable bonds is 3. The van der Waals surface area contributed by atoms with Crippen LogP contribution in [-0.4, -0.2) is 23.5 Å². The van der Waals surface area contributed by atoms with E-state index in [0.29, 0.717) is 5.56 Å². The molecule has 2 aromatic carbocycles. The van der Waals surface area contributed by atoms with Crippen LogP contribution in [0, 0.1) is 0 Å². The summed E-state index contributed by atoms with van der Waals surface area (Å²) >= 11 is 0. The van der Waals surface area contributed by atoms with E-state index in [1.165, 1.54) is 10.4 Å². The number of sulfonamides is 1. The summed E-state index contributed by atoms with van der Waals surface area (Å²) < 4.78 is 27.7. The van der Waals surface area contributed by atoms with Gasteiger partial charge in [-0.05, 0) is 35.4 Å². The number of pyridine rings is 1. The maximum atomic E-state index is 13.3. The highest BCUT2D eigenvalue weighted by Gasteiger charge is 2.39. The van der Waals surface area contributed by atoms with Crippen molar-refractivity contribution in [1.82, 2.24) is 9.29 Å². The van der Waals surface area contributed by atoms with Crippen molar-refractivity contribution in [2.45, 2.75) is 11.4 Å². The number of benzene rings is 2. The van der Waals surface area contributed by atoms with Crippen LogP contribution < -0.4 is 0 Å². The minimum Gasteiger partial charge on any atom is -0.287 e. The van der Waals surface area contributed by atoms with Gasteiger partial charge in [0.1, 0.15) is 5.70 Å². The molecule has 3 aromatic rings. The van der Waals surface area contributed by atoms with Gasteiger partial charge in [-0.1, -0.05) is 48.5 Å². The van der Waals surface area contributed by atoms with Gasteiger partial charge in [0.15, 0.2) is 0 Å². The molecule has 4 rings (SSSR count). The summed E-state index contributed by atoms with van der Waals surface area (Å²) in [5.41, 5.74) is 1.78. The van der Waals surface area contributed by atoms with Gasteiger partial charge >= 0.3 is 0 Å². The topological polar surface area (TPSA) is 67.3 Å². The number of nitrogens with zero attached hydrogens (tertiary/aromatic N) is 2. The van der Waals surface area contributed by atoms with Gasteiger partial charge in [0, 0.05) is 18.0 Å². The molecule has 0 spiro atoms. The molecule has 27 heavy (non-hydrogen) atoms. The summed E-state index contributed by atoms with van der Waals surface area (Å²) in [7, 11) is -3.87. The average Bonchev–Trinajstić information content (AvgIpc) is 2.71. The van der Waals surface area contributed by atoms with E-state index in [9.17, 15) is 13.2 Å². The van der Waals surface area contributed by atoms with Gasteiger partial charge in [0.25, 0.3) is 10.0 Å². The molecule has 1 aromatic heterocycles. The molecule has 1 aliphatic rings. The number of hydrogen-bond acceptors (Lipinski definition) is 4. The Kier molecular flexibility index (Phi) is 4.33. The zero-order valence-electron chi connectivity index (χ0n) is 14.3. The summed E-state index contributed by atoms with van der Waals surface area (Å²) in [4.78, 5) is 17.2. The van der Waals surface area contributed by atoms with Gasteiger partial charge in [-0.15, -0.1) is 0 Å². The molecule has 1 aliphatic heterocycles. The monoisotopic (exact) mass is 376 g/mol. The Balaban J connectivity index is 1.91. The van der Waals surface area contributed by atoms with E-state index in [1.54, 1.807) is 48.8 Å². The molecule has 6 heteroatoms. The third-order valence-corrected chi connectivity index (χ3v) is 6.17. The first kappa shape index (κ1) is 17.2. The van der Waals surface area contributed by atoms with Crippen LogP contribution in [0.3, 0.4) is 0 Å². The van der Waals surface area contributed by atoms with Crippen molar-refractivity contribution >= 4 is 21.9 Å². The molecule has 0 fully saturated rings. The van der Waals surface area contributed by atoms with Crippen LogP contribution in [0.25, 0.3) is 6.08 Å². The number of ketones is 1. The molecular weight excluding hydrogens is 360 g/mol. The van der Waals surface area contributed by atoms with Crippen LogP contribution in [0.2, 0.25) is 0 Å². The number of carbonyl (C=O) groups is 1. The molecule has 0 N–H and O–H groups in total. The highest BCUT2D eigenvalue weighted by atomic mass is 32.2. The predicted molar refractivity (Wildman–Crippen MR) is 102 cm³/mol. The lowest BCUT2D eigenvalue weighted by Gasteiger charge is -2.31. The Bertz CT molecular complexity index is 1120. The van der Waals surface area contributed by atoms with Crippen molar-refractivity contribution in [3.8, 4) is 0 Å². The second-order valence-corrected chi connectivity index (χ2v) is 7.97. The van der Waals surface area contributed by atoms with E-state index in [-0.39, 0.29) is 28.5 Å². The fraction of sp³-hybridized carbons (Fsp3) is 0.0476. The van der Waals surface area contributed by atoms with Gasteiger partial charge in [0.2, 0.25) is 5.78 Å². The van der Waals surface area contributed by atoms with Gasteiger partial charge in [-0.2, -0.15) is 0 Å². The van der Waals surface area contributed by atoms with Gasteiger partial charge in [-0.25, -0.2) is 8.42 Å². The molecular formula is C21H16N2O3S. The molecule has 0 bridgehead atoms. The number of Topliss-reactive ketones (excluding diaryl/α,β-unsaturated/α-hetero) is 1. The molecule has 134 valence electrons. The number of aromatic nitrogens is 1. The second kappa shape index (κ2) is 6.81. The van der Waals surface area contributed by atoms with E-state index < -0.39 is 10.0 Å². The molecule has 2 heterocycles. The Morgan fingerprint density at radius 3 is 2.41 bits per heavy atom.